The SMILES string of the molecule is Cc1ccc2c(oc3c(-c4ccc(C5CC6CCCC6C5)cc4)cccc32)c1-c1cccc[n+]1C. The Morgan fingerprint density at radius 1 is 0.771 bits per heavy atom. The minimum absolute atomic E-state index is 0.749. The summed E-state index contributed by atoms with van der Waals surface area (Å²) >= 11 is 0. The van der Waals surface area contributed by atoms with E-state index in [-0.39, 0.29) is 0 Å². The van der Waals surface area contributed by atoms with E-state index in [9.17, 15) is 0 Å². The van der Waals surface area contributed by atoms with Gasteiger partial charge in [0, 0.05) is 28.5 Å². The van der Waals surface area contributed by atoms with Gasteiger partial charge in [0.25, 0.3) is 0 Å². The van der Waals surface area contributed by atoms with Gasteiger partial charge >= 0.3 is 0 Å². The van der Waals surface area contributed by atoms with E-state index in [0.717, 1.165) is 28.9 Å². The van der Waals surface area contributed by atoms with Crippen molar-refractivity contribution in [2.75, 3.05) is 0 Å². The third-order valence-corrected chi connectivity index (χ3v) is 8.87. The maximum absolute atomic E-state index is 6.73. The van der Waals surface area contributed by atoms with Crippen molar-refractivity contribution < 1.29 is 8.98 Å². The first kappa shape index (κ1) is 20.9. The van der Waals surface area contributed by atoms with Crippen LogP contribution in [0.25, 0.3) is 44.3 Å². The highest BCUT2D eigenvalue weighted by atomic mass is 16.3. The fraction of sp³-hybridized carbons (Fsp3) is 0.303. The molecule has 2 saturated carbocycles. The topological polar surface area (TPSA) is 17.0 Å². The highest BCUT2D eigenvalue weighted by Gasteiger charge is 2.37. The zero-order valence-electron chi connectivity index (χ0n) is 20.6. The Morgan fingerprint density at radius 2 is 1.54 bits per heavy atom. The summed E-state index contributed by atoms with van der Waals surface area (Å²) in [4.78, 5) is 0. The largest absolute Gasteiger partial charge is 0.454 e. The van der Waals surface area contributed by atoms with E-state index in [1.807, 2.05) is 0 Å². The van der Waals surface area contributed by atoms with Crippen LogP contribution in [0.5, 0.6) is 0 Å². The molecule has 0 spiro atoms. The third kappa shape index (κ3) is 3.34. The number of aryl methyl sites for hydroxylation is 2. The molecule has 2 aliphatic rings. The predicted octanol–water partition coefficient (Wildman–Crippen LogP) is 8.35. The molecule has 2 fully saturated rings. The lowest BCUT2D eigenvalue weighted by Gasteiger charge is -2.12. The Bertz CT molecular complexity index is 1550. The Kier molecular flexibility index (Phi) is 4.84. The molecule has 0 amide bonds. The lowest BCUT2D eigenvalue weighted by atomic mass is 9.92. The third-order valence-electron chi connectivity index (χ3n) is 8.87. The zero-order valence-corrected chi connectivity index (χ0v) is 20.6. The molecule has 2 heteroatoms. The van der Waals surface area contributed by atoms with E-state index in [2.05, 4.69) is 97.5 Å². The van der Waals surface area contributed by atoms with Gasteiger partial charge in [-0.15, -0.1) is 0 Å². The molecule has 2 unspecified atom stereocenters. The number of hydrogen-bond acceptors (Lipinski definition) is 1. The first-order chi connectivity index (χ1) is 17.2. The van der Waals surface area contributed by atoms with Crippen LogP contribution in [0, 0.1) is 18.8 Å². The molecule has 0 saturated heterocycles. The molecule has 2 heterocycles. The van der Waals surface area contributed by atoms with Crippen molar-refractivity contribution in [2.24, 2.45) is 18.9 Å². The molecule has 2 atom stereocenters. The molecule has 3 aromatic carbocycles. The lowest BCUT2D eigenvalue weighted by Crippen LogP contribution is -2.30. The molecule has 35 heavy (non-hydrogen) atoms. The quantitative estimate of drug-likeness (QED) is 0.248. The first-order valence-corrected chi connectivity index (χ1v) is 13.2. The van der Waals surface area contributed by atoms with Gasteiger partial charge in [-0.2, -0.15) is 0 Å². The van der Waals surface area contributed by atoms with E-state index in [1.54, 1.807) is 0 Å². The summed E-state index contributed by atoms with van der Waals surface area (Å²) in [7, 11) is 2.10. The number of nitrogens with zero attached hydrogens (tertiary/aromatic N) is 1. The Balaban J connectivity index is 1.33. The smallest absolute Gasteiger partial charge is 0.216 e. The lowest BCUT2D eigenvalue weighted by molar-refractivity contribution is -0.660. The second-order valence-electron chi connectivity index (χ2n) is 10.9. The highest BCUT2D eigenvalue weighted by molar-refractivity contribution is 6.13. The summed E-state index contributed by atoms with van der Waals surface area (Å²) in [6.45, 7) is 2.17. The number of fused-ring (bicyclic) bond motifs is 4. The van der Waals surface area contributed by atoms with Gasteiger partial charge in [0.2, 0.25) is 5.69 Å². The Labute approximate surface area is 207 Å². The van der Waals surface area contributed by atoms with Crippen molar-refractivity contribution in [1.82, 2.24) is 0 Å². The van der Waals surface area contributed by atoms with Gasteiger partial charge in [-0.05, 0) is 60.3 Å². The maximum Gasteiger partial charge on any atom is 0.216 e. The van der Waals surface area contributed by atoms with Crippen molar-refractivity contribution in [1.29, 1.82) is 0 Å². The minimum Gasteiger partial charge on any atom is -0.454 e. The zero-order chi connectivity index (χ0) is 23.5. The van der Waals surface area contributed by atoms with Gasteiger partial charge in [-0.1, -0.05) is 73.9 Å². The molecule has 0 N–H and O–H groups in total. The van der Waals surface area contributed by atoms with Crippen molar-refractivity contribution in [2.45, 2.75) is 44.9 Å². The summed E-state index contributed by atoms with van der Waals surface area (Å²) in [5, 5.41) is 2.37. The van der Waals surface area contributed by atoms with Crippen LogP contribution in [0.3, 0.4) is 0 Å². The predicted molar refractivity (Wildman–Crippen MR) is 143 cm³/mol. The van der Waals surface area contributed by atoms with Crippen LogP contribution in [-0.2, 0) is 7.05 Å². The summed E-state index contributed by atoms with van der Waals surface area (Å²) in [5.74, 6) is 2.71. The second-order valence-corrected chi connectivity index (χ2v) is 10.9. The molecular formula is C33H32NO+. The molecular weight excluding hydrogens is 426 g/mol. The molecule has 0 bridgehead atoms. The number of hydrogen-bond donors (Lipinski definition) is 0. The highest BCUT2D eigenvalue weighted by Crippen LogP contribution is 2.50. The normalized spacial score (nSPS) is 21.7. The number of furan rings is 1. The summed E-state index contributed by atoms with van der Waals surface area (Å²) in [6, 6.07) is 26.7. The van der Waals surface area contributed by atoms with Gasteiger partial charge in [0.15, 0.2) is 6.20 Å². The molecule has 0 radical (unpaired) electrons. The van der Waals surface area contributed by atoms with Crippen LogP contribution in [0.15, 0.2) is 83.4 Å². The summed E-state index contributed by atoms with van der Waals surface area (Å²) < 4.78 is 8.90. The van der Waals surface area contributed by atoms with Crippen LogP contribution in [0.1, 0.15) is 49.1 Å². The van der Waals surface area contributed by atoms with Crippen LogP contribution in [0.2, 0.25) is 0 Å². The number of para-hydroxylation sites is 1. The van der Waals surface area contributed by atoms with E-state index >= 15 is 0 Å². The van der Waals surface area contributed by atoms with E-state index in [1.165, 1.54) is 76.4 Å². The van der Waals surface area contributed by atoms with Gasteiger partial charge in [-0.25, -0.2) is 4.57 Å². The van der Waals surface area contributed by atoms with Gasteiger partial charge in [0.05, 0.1) is 5.56 Å². The second kappa shape index (κ2) is 8.09. The molecule has 7 rings (SSSR count). The molecule has 2 nitrogen and oxygen atoms in total. The van der Waals surface area contributed by atoms with E-state index in [4.69, 9.17) is 4.42 Å². The molecule has 5 aromatic rings. The number of benzene rings is 3. The van der Waals surface area contributed by atoms with Crippen molar-refractivity contribution in [3.63, 3.8) is 0 Å². The number of pyridine rings is 1. The number of rotatable bonds is 3. The molecule has 0 aliphatic heterocycles. The van der Waals surface area contributed by atoms with Gasteiger partial charge < -0.3 is 4.42 Å². The van der Waals surface area contributed by atoms with Crippen LogP contribution >= 0.6 is 0 Å². The van der Waals surface area contributed by atoms with Crippen molar-refractivity contribution in [3.8, 4) is 22.4 Å². The van der Waals surface area contributed by atoms with Crippen molar-refractivity contribution in [3.05, 3.63) is 90.1 Å². The van der Waals surface area contributed by atoms with Crippen LogP contribution in [0.4, 0.5) is 0 Å². The maximum atomic E-state index is 6.73. The average Bonchev–Trinajstić information content (AvgIpc) is 3.58. The van der Waals surface area contributed by atoms with Crippen LogP contribution in [-0.4, -0.2) is 0 Å². The van der Waals surface area contributed by atoms with E-state index < -0.39 is 0 Å². The molecule has 174 valence electrons. The Morgan fingerprint density at radius 3 is 2.31 bits per heavy atom. The number of aromatic nitrogens is 1. The van der Waals surface area contributed by atoms with Gasteiger partial charge in [0.1, 0.15) is 18.2 Å². The van der Waals surface area contributed by atoms with Crippen LogP contribution < -0.4 is 4.57 Å². The monoisotopic (exact) mass is 458 g/mol. The Hall–Kier alpha value is -3.39. The molecule has 2 aromatic heterocycles. The fourth-order valence-electron chi connectivity index (χ4n) is 7.06. The average molecular weight is 459 g/mol. The van der Waals surface area contributed by atoms with Gasteiger partial charge in [-0.3, -0.25) is 0 Å². The minimum atomic E-state index is 0.749. The van der Waals surface area contributed by atoms with E-state index in [0.29, 0.717) is 0 Å². The summed E-state index contributed by atoms with van der Waals surface area (Å²) in [5.41, 5.74) is 9.46. The standard InChI is InChI=1S/C33H32NO/c1-21-12-17-29-28-10-6-9-27(32(28)35-33(29)31(21)30-11-3-4-18-34(30)2)23-15-13-22(14-16-23)26-19-24-7-5-8-25(24)20-26/h3-4,6,9-18,24-26H,5,7-8,19-20H2,1-2H3/q+1. The fourth-order valence-corrected chi connectivity index (χ4v) is 7.06. The molecule has 2 aliphatic carbocycles. The van der Waals surface area contributed by atoms with Crippen molar-refractivity contribution >= 4 is 21.9 Å². The summed E-state index contributed by atoms with van der Waals surface area (Å²) in [6.07, 6.45) is 9.24. The first-order valence-electron chi connectivity index (χ1n) is 13.2.